The van der Waals surface area contributed by atoms with Crippen LogP contribution in [0.5, 0.6) is 0 Å². The molecule has 0 unspecified atom stereocenters. The van der Waals surface area contributed by atoms with Crippen LogP contribution in [-0.2, 0) is 10.8 Å². The summed E-state index contributed by atoms with van der Waals surface area (Å²) in [6, 6.07) is 11.8. The molecule has 0 saturated carbocycles. The van der Waals surface area contributed by atoms with Gasteiger partial charge in [-0.25, -0.2) is 0 Å². The normalized spacial score (nSPS) is 17.7. The molecular formula is C29H28S3. The van der Waals surface area contributed by atoms with Crippen molar-refractivity contribution in [1.29, 1.82) is 0 Å². The van der Waals surface area contributed by atoms with Gasteiger partial charge >= 0.3 is 0 Å². The molecule has 3 aliphatic carbocycles. The van der Waals surface area contributed by atoms with E-state index in [9.17, 15) is 0 Å². The van der Waals surface area contributed by atoms with E-state index in [1.165, 1.54) is 63.4 Å². The van der Waals surface area contributed by atoms with Crippen LogP contribution in [0.3, 0.4) is 0 Å². The Morgan fingerprint density at radius 1 is 0.688 bits per heavy atom. The van der Waals surface area contributed by atoms with Crippen molar-refractivity contribution in [3.05, 3.63) is 94.5 Å². The van der Waals surface area contributed by atoms with Crippen molar-refractivity contribution in [2.75, 3.05) is 0 Å². The summed E-state index contributed by atoms with van der Waals surface area (Å²) in [4.78, 5) is 7.21. The van der Waals surface area contributed by atoms with Crippen LogP contribution >= 0.6 is 34.0 Å². The van der Waals surface area contributed by atoms with Gasteiger partial charge in [-0.3, -0.25) is 0 Å². The molecule has 3 aromatic rings. The highest BCUT2D eigenvalue weighted by molar-refractivity contribution is 7.15. The van der Waals surface area contributed by atoms with Gasteiger partial charge in [-0.15, -0.1) is 34.0 Å². The second kappa shape index (κ2) is 6.79. The Bertz CT molecular complexity index is 1390. The SMILES string of the molecule is CC(C)(C)c1ccc(C2=C3C(=C(c4ccc(C(C)(C)C)s4)c4sccc43)C3=C2CC=C3)s1. The molecule has 3 aromatic heterocycles. The lowest BCUT2D eigenvalue weighted by atomic mass is 9.94. The first kappa shape index (κ1) is 20.7. The second-order valence-electron chi connectivity index (χ2n) is 11.0. The maximum atomic E-state index is 2.38. The molecule has 0 atom stereocenters. The fourth-order valence-corrected chi connectivity index (χ4v) is 8.28. The van der Waals surface area contributed by atoms with Gasteiger partial charge in [0.1, 0.15) is 0 Å². The number of hydrogen-bond donors (Lipinski definition) is 0. The van der Waals surface area contributed by atoms with Crippen molar-refractivity contribution >= 4 is 50.7 Å². The number of fused-ring (bicyclic) bond motifs is 4. The van der Waals surface area contributed by atoms with Crippen LogP contribution in [-0.4, -0.2) is 0 Å². The average molecular weight is 473 g/mol. The minimum atomic E-state index is 0.183. The molecule has 0 N–H and O–H groups in total. The van der Waals surface area contributed by atoms with Crippen molar-refractivity contribution in [3.8, 4) is 0 Å². The highest BCUT2D eigenvalue weighted by atomic mass is 32.1. The van der Waals surface area contributed by atoms with Gasteiger partial charge in [0.05, 0.1) is 0 Å². The van der Waals surface area contributed by atoms with Gasteiger partial charge < -0.3 is 0 Å². The lowest BCUT2D eigenvalue weighted by Crippen LogP contribution is -2.07. The topological polar surface area (TPSA) is 0 Å². The zero-order valence-electron chi connectivity index (χ0n) is 19.6. The molecule has 32 heavy (non-hydrogen) atoms. The molecule has 0 bridgehead atoms. The molecule has 0 aromatic carbocycles. The Kier molecular flexibility index (Phi) is 4.38. The van der Waals surface area contributed by atoms with Crippen molar-refractivity contribution in [2.24, 2.45) is 0 Å². The molecule has 3 heterocycles. The fourth-order valence-electron chi connectivity index (χ4n) is 4.99. The van der Waals surface area contributed by atoms with Crippen molar-refractivity contribution in [2.45, 2.75) is 58.8 Å². The summed E-state index contributed by atoms with van der Waals surface area (Å²) in [7, 11) is 0. The van der Waals surface area contributed by atoms with Gasteiger partial charge in [0.15, 0.2) is 0 Å². The third kappa shape index (κ3) is 2.91. The van der Waals surface area contributed by atoms with Crippen LogP contribution in [0, 0.1) is 0 Å². The highest BCUT2D eigenvalue weighted by Gasteiger charge is 2.40. The molecule has 0 radical (unpaired) electrons. The standard InChI is InChI=1S/C29H28S3/c1-28(2,3)21-12-10-19(31-21)23-16-8-7-9-17(16)24-25(23)18-14-15-30-27(18)26(24)20-11-13-22(32-20)29(4,5)6/h7,9-15H,8H2,1-6H3. The Morgan fingerprint density at radius 3 is 1.91 bits per heavy atom. The van der Waals surface area contributed by atoms with E-state index < -0.39 is 0 Å². The molecule has 3 aliphatic rings. The summed E-state index contributed by atoms with van der Waals surface area (Å²) < 4.78 is 0. The van der Waals surface area contributed by atoms with Gasteiger partial charge in [-0.2, -0.15) is 0 Å². The van der Waals surface area contributed by atoms with E-state index >= 15 is 0 Å². The smallest absolute Gasteiger partial charge is 0.0442 e. The zero-order valence-corrected chi connectivity index (χ0v) is 22.0. The number of allylic oxidation sites excluding steroid dienone is 7. The van der Waals surface area contributed by atoms with E-state index in [4.69, 9.17) is 0 Å². The van der Waals surface area contributed by atoms with Crippen LogP contribution in [0.4, 0.5) is 0 Å². The largest absolute Gasteiger partial charge is 0.143 e. The van der Waals surface area contributed by atoms with E-state index in [1.54, 1.807) is 0 Å². The van der Waals surface area contributed by atoms with E-state index in [0.717, 1.165) is 6.42 Å². The first-order chi connectivity index (χ1) is 15.1. The molecule has 0 nitrogen and oxygen atoms in total. The minimum absolute atomic E-state index is 0.183. The first-order valence-electron chi connectivity index (χ1n) is 11.3. The maximum Gasteiger partial charge on any atom is 0.0442 e. The Hall–Kier alpha value is -1.94. The van der Waals surface area contributed by atoms with E-state index in [1.807, 2.05) is 34.0 Å². The van der Waals surface area contributed by atoms with Crippen LogP contribution in [0.25, 0.3) is 16.7 Å². The summed E-state index contributed by atoms with van der Waals surface area (Å²) in [6.45, 7) is 13.9. The Morgan fingerprint density at radius 2 is 1.31 bits per heavy atom. The van der Waals surface area contributed by atoms with E-state index in [2.05, 4.69) is 89.4 Å². The van der Waals surface area contributed by atoms with Crippen LogP contribution < -0.4 is 0 Å². The fraction of sp³-hybridized carbons (Fsp3) is 0.310. The molecule has 6 rings (SSSR count). The predicted molar refractivity (Wildman–Crippen MR) is 144 cm³/mol. The lowest BCUT2D eigenvalue weighted by molar-refractivity contribution is 0.603. The van der Waals surface area contributed by atoms with Crippen molar-refractivity contribution in [3.63, 3.8) is 0 Å². The zero-order chi connectivity index (χ0) is 22.4. The summed E-state index contributed by atoms with van der Waals surface area (Å²) in [5.41, 5.74) is 10.7. The second-order valence-corrected chi connectivity index (χ2v) is 14.1. The van der Waals surface area contributed by atoms with Crippen LogP contribution in [0.2, 0.25) is 0 Å². The van der Waals surface area contributed by atoms with Crippen LogP contribution in [0.1, 0.15) is 77.9 Å². The van der Waals surface area contributed by atoms with Gasteiger partial charge in [-0.1, -0.05) is 53.7 Å². The number of rotatable bonds is 2. The molecule has 0 saturated heterocycles. The monoisotopic (exact) mass is 472 g/mol. The highest BCUT2D eigenvalue weighted by Crippen LogP contribution is 2.61. The van der Waals surface area contributed by atoms with Gasteiger partial charge in [0.25, 0.3) is 0 Å². The summed E-state index contributed by atoms with van der Waals surface area (Å²) in [5.74, 6) is 0. The molecule has 0 amide bonds. The lowest BCUT2D eigenvalue weighted by Gasteiger charge is -2.15. The van der Waals surface area contributed by atoms with Gasteiger partial charge in [0, 0.05) is 52.2 Å². The Balaban J connectivity index is 1.61. The molecule has 162 valence electrons. The van der Waals surface area contributed by atoms with Crippen molar-refractivity contribution < 1.29 is 0 Å². The first-order valence-corrected chi connectivity index (χ1v) is 13.8. The minimum Gasteiger partial charge on any atom is -0.143 e. The number of hydrogen-bond acceptors (Lipinski definition) is 3. The molecule has 3 heteroatoms. The molecule has 0 fully saturated rings. The Labute approximate surface area is 203 Å². The molecule has 0 aliphatic heterocycles. The average Bonchev–Trinajstić information content (AvgIpc) is 3.48. The van der Waals surface area contributed by atoms with Crippen LogP contribution in [0.15, 0.2) is 64.6 Å². The number of thiophene rings is 3. The molecular weight excluding hydrogens is 445 g/mol. The summed E-state index contributed by atoms with van der Waals surface area (Å²) in [5, 5.41) is 2.28. The summed E-state index contributed by atoms with van der Waals surface area (Å²) in [6.07, 6.45) is 5.78. The van der Waals surface area contributed by atoms with Crippen molar-refractivity contribution in [1.82, 2.24) is 0 Å². The van der Waals surface area contributed by atoms with E-state index in [0.29, 0.717) is 0 Å². The maximum absolute atomic E-state index is 2.38. The molecule has 0 spiro atoms. The quantitative estimate of drug-likeness (QED) is 0.348. The summed E-state index contributed by atoms with van der Waals surface area (Å²) >= 11 is 5.85. The van der Waals surface area contributed by atoms with Gasteiger partial charge in [0.2, 0.25) is 0 Å². The third-order valence-corrected chi connectivity index (χ3v) is 10.6. The third-order valence-electron chi connectivity index (χ3n) is 6.60. The predicted octanol–water partition coefficient (Wildman–Crippen LogP) is 9.46. The van der Waals surface area contributed by atoms with Gasteiger partial charge in [-0.05, 0) is 64.1 Å². The van der Waals surface area contributed by atoms with E-state index in [-0.39, 0.29) is 10.8 Å².